The number of hydrogen-bond donors (Lipinski definition) is 1. The Balaban J connectivity index is 0.00000272. The van der Waals surface area contributed by atoms with Crippen molar-refractivity contribution in [1.29, 1.82) is 0 Å². The standard InChI is InChI=1S/C24H35N3O3.H2/c1-3-30-23(29)27-14-9-19(10-15-27)26-16-12-24(13-17-26)11-8-22(25-18(2)28)20-6-4-5-7-21(20)24;/h4-7,19,22H,3,8-17H2,1-2H3,(H,25,28);1H/t22-;/m0./s1. The minimum atomic E-state index is -0.166. The molecule has 166 valence electrons. The van der Waals surface area contributed by atoms with Crippen LogP contribution in [0.1, 0.15) is 71.0 Å². The molecule has 0 radical (unpaired) electrons. The van der Waals surface area contributed by atoms with Gasteiger partial charge in [0.15, 0.2) is 0 Å². The van der Waals surface area contributed by atoms with Gasteiger partial charge in [0, 0.05) is 27.5 Å². The largest absolute Gasteiger partial charge is 0.450 e. The highest BCUT2D eigenvalue weighted by Crippen LogP contribution is 2.48. The summed E-state index contributed by atoms with van der Waals surface area (Å²) in [5, 5.41) is 3.15. The predicted octanol–water partition coefficient (Wildman–Crippen LogP) is 3.86. The third-order valence-corrected chi connectivity index (χ3v) is 7.46. The fourth-order valence-electron chi connectivity index (χ4n) is 5.85. The first kappa shape index (κ1) is 21.2. The molecule has 2 aliphatic heterocycles. The number of carbonyl (C=O) groups is 2. The predicted molar refractivity (Wildman–Crippen MR) is 118 cm³/mol. The molecule has 2 amide bonds. The number of likely N-dealkylation sites (tertiary alicyclic amines) is 2. The van der Waals surface area contributed by atoms with Gasteiger partial charge in [0.2, 0.25) is 5.91 Å². The Kier molecular flexibility index (Phi) is 6.32. The Labute approximate surface area is 181 Å². The van der Waals surface area contributed by atoms with E-state index in [0.717, 1.165) is 51.9 Å². The van der Waals surface area contributed by atoms with Crippen LogP contribution in [-0.4, -0.2) is 60.6 Å². The maximum atomic E-state index is 12.0. The lowest BCUT2D eigenvalue weighted by Gasteiger charge is -2.49. The Hall–Kier alpha value is -2.08. The first-order valence-electron chi connectivity index (χ1n) is 11.5. The minimum absolute atomic E-state index is 0. The van der Waals surface area contributed by atoms with Gasteiger partial charge in [-0.05, 0) is 75.1 Å². The zero-order chi connectivity index (χ0) is 21.1. The van der Waals surface area contributed by atoms with Gasteiger partial charge in [0.1, 0.15) is 0 Å². The Morgan fingerprint density at radius 3 is 2.47 bits per heavy atom. The van der Waals surface area contributed by atoms with Gasteiger partial charge in [-0.25, -0.2) is 4.79 Å². The van der Waals surface area contributed by atoms with Crippen molar-refractivity contribution in [1.82, 2.24) is 15.1 Å². The molecule has 1 aromatic carbocycles. The zero-order valence-electron chi connectivity index (χ0n) is 18.4. The van der Waals surface area contributed by atoms with Crippen LogP contribution in [0, 0.1) is 0 Å². The van der Waals surface area contributed by atoms with Crippen molar-refractivity contribution < 1.29 is 15.8 Å². The van der Waals surface area contributed by atoms with E-state index in [1.807, 2.05) is 11.8 Å². The normalized spacial score (nSPS) is 24.3. The van der Waals surface area contributed by atoms with E-state index in [-0.39, 0.29) is 24.9 Å². The third-order valence-electron chi connectivity index (χ3n) is 7.46. The number of ether oxygens (including phenoxy) is 1. The molecule has 0 bridgehead atoms. The van der Waals surface area contributed by atoms with Crippen LogP contribution < -0.4 is 5.32 Å². The van der Waals surface area contributed by atoms with Gasteiger partial charge in [-0.2, -0.15) is 0 Å². The van der Waals surface area contributed by atoms with Crippen molar-refractivity contribution in [2.75, 3.05) is 32.8 Å². The third kappa shape index (κ3) is 4.20. The van der Waals surface area contributed by atoms with E-state index in [1.165, 1.54) is 24.0 Å². The molecule has 1 aromatic rings. The van der Waals surface area contributed by atoms with E-state index in [9.17, 15) is 9.59 Å². The number of carbonyl (C=O) groups excluding carboxylic acids is 2. The molecule has 2 fully saturated rings. The number of rotatable bonds is 3. The van der Waals surface area contributed by atoms with Crippen LogP contribution in [0.5, 0.6) is 0 Å². The number of nitrogens with zero attached hydrogens (tertiary/aromatic N) is 2. The Bertz CT molecular complexity index is 771. The van der Waals surface area contributed by atoms with Gasteiger partial charge in [-0.3, -0.25) is 4.79 Å². The molecular weight excluding hydrogens is 378 g/mol. The molecule has 3 aliphatic rings. The molecule has 2 heterocycles. The topological polar surface area (TPSA) is 61.9 Å². The second-order valence-electron chi connectivity index (χ2n) is 9.11. The number of amides is 2. The quantitative estimate of drug-likeness (QED) is 0.814. The van der Waals surface area contributed by atoms with Crippen LogP contribution in [0.2, 0.25) is 0 Å². The number of fused-ring (bicyclic) bond motifs is 2. The van der Waals surface area contributed by atoms with E-state index in [4.69, 9.17) is 4.74 Å². The summed E-state index contributed by atoms with van der Waals surface area (Å²) in [5.41, 5.74) is 3.01. The van der Waals surface area contributed by atoms with E-state index in [1.54, 1.807) is 6.92 Å². The molecule has 0 aromatic heterocycles. The van der Waals surface area contributed by atoms with E-state index < -0.39 is 0 Å². The van der Waals surface area contributed by atoms with Crippen LogP contribution in [0.4, 0.5) is 4.79 Å². The van der Waals surface area contributed by atoms with Gasteiger partial charge >= 0.3 is 6.09 Å². The minimum Gasteiger partial charge on any atom is -0.450 e. The van der Waals surface area contributed by atoms with Crippen LogP contribution in [0.25, 0.3) is 0 Å². The van der Waals surface area contributed by atoms with Crippen molar-refractivity contribution in [3.8, 4) is 0 Å². The van der Waals surface area contributed by atoms with Crippen LogP contribution in [-0.2, 0) is 14.9 Å². The fraction of sp³-hybridized carbons (Fsp3) is 0.667. The van der Waals surface area contributed by atoms with Crippen molar-refractivity contribution in [3.05, 3.63) is 35.4 Å². The fourth-order valence-corrected chi connectivity index (χ4v) is 5.85. The monoisotopic (exact) mass is 415 g/mol. The Morgan fingerprint density at radius 1 is 1.10 bits per heavy atom. The highest BCUT2D eigenvalue weighted by atomic mass is 16.6. The molecular formula is C24H37N3O3. The summed E-state index contributed by atoms with van der Waals surface area (Å²) in [7, 11) is 0. The lowest BCUT2D eigenvalue weighted by Crippen LogP contribution is -2.52. The second kappa shape index (κ2) is 8.96. The van der Waals surface area contributed by atoms with Gasteiger partial charge in [-0.1, -0.05) is 24.3 Å². The summed E-state index contributed by atoms with van der Waals surface area (Å²) in [5.74, 6) is 0.0507. The number of hydrogen-bond acceptors (Lipinski definition) is 4. The first-order valence-corrected chi connectivity index (χ1v) is 11.5. The highest BCUT2D eigenvalue weighted by Gasteiger charge is 2.43. The molecule has 0 saturated carbocycles. The average molecular weight is 416 g/mol. The summed E-state index contributed by atoms with van der Waals surface area (Å²) in [6.45, 7) is 7.73. The van der Waals surface area contributed by atoms with Gasteiger partial charge in [0.05, 0.1) is 12.6 Å². The second-order valence-corrected chi connectivity index (χ2v) is 9.11. The molecule has 6 nitrogen and oxygen atoms in total. The van der Waals surface area contributed by atoms with Crippen LogP contribution in [0.3, 0.4) is 0 Å². The molecule has 1 atom stereocenters. The van der Waals surface area contributed by atoms with Gasteiger partial charge in [-0.15, -0.1) is 0 Å². The molecule has 4 rings (SSSR count). The average Bonchev–Trinajstić information content (AvgIpc) is 2.77. The lowest BCUT2D eigenvalue weighted by atomic mass is 9.63. The molecule has 2 saturated heterocycles. The summed E-state index contributed by atoms with van der Waals surface area (Å²) in [4.78, 5) is 28.1. The van der Waals surface area contributed by atoms with Crippen molar-refractivity contribution in [2.24, 2.45) is 0 Å². The SMILES string of the molecule is CCOC(=O)N1CCC(N2CCC3(CC[C@H](NC(C)=O)c4ccccc43)CC2)CC1.[HH]. The van der Waals surface area contributed by atoms with Crippen molar-refractivity contribution in [2.45, 2.75) is 69.9 Å². The van der Waals surface area contributed by atoms with Crippen LogP contribution >= 0.6 is 0 Å². The van der Waals surface area contributed by atoms with E-state index in [0.29, 0.717) is 12.6 Å². The van der Waals surface area contributed by atoms with Gasteiger partial charge in [0.25, 0.3) is 0 Å². The van der Waals surface area contributed by atoms with E-state index in [2.05, 4.69) is 34.5 Å². The number of nitrogens with one attached hydrogen (secondary N) is 1. The van der Waals surface area contributed by atoms with Crippen molar-refractivity contribution >= 4 is 12.0 Å². The number of benzene rings is 1. The van der Waals surface area contributed by atoms with Gasteiger partial charge < -0.3 is 19.9 Å². The first-order chi connectivity index (χ1) is 14.5. The smallest absolute Gasteiger partial charge is 0.409 e. The molecule has 1 spiro atoms. The maximum absolute atomic E-state index is 12.0. The zero-order valence-corrected chi connectivity index (χ0v) is 18.4. The van der Waals surface area contributed by atoms with Crippen molar-refractivity contribution in [3.63, 3.8) is 0 Å². The molecule has 1 aliphatic carbocycles. The highest BCUT2D eigenvalue weighted by molar-refractivity contribution is 5.73. The molecule has 30 heavy (non-hydrogen) atoms. The molecule has 1 N–H and O–H groups in total. The summed E-state index contributed by atoms with van der Waals surface area (Å²) in [6, 6.07) is 9.45. The van der Waals surface area contributed by atoms with E-state index >= 15 is 0 Å². The summed E-state index contributed by atoms with van der Waals surface area (Å²) < 4.78 is 5.15. The lowest BCUT2D eigenvalue weighted by molar-refractivity contribution is -0.119. The summed E-state index contributed by atoms with van der Waals surface area (Å²) in [6.07, 6.45) is 6.42. The maximum Gasteiger partial charge on any atom is 0.409 e. The Morgan fingerprint density at radius 2 is 1.80 bits per heavy atom. The number of piperidine rings is 2. The summed E-state index contributed by atoms with van der Waals surface area (Å²) >= 11 is 0. The molecule has 6 heteroatoms. The van der Waals surface area contributed by atoms with Crippen LogP contribution in [0.15, 0.2) is 24.3 Å². The molecule has 0 unspecified atom stereocenters.